The molecule has 4 heteroatoms. The molecule has 0 aliphatic heterocycles. The van der Waals surface area contributed by atoms with E-state index in [4.69, 9.17) is 16.0 Å². The van der Waals surface area contributed by atoms with E-state index < -0.39 is 5.97 Å². The Balaban J connectivity index is 2.37. The average molecular weight is 222 g/mol. The second-order valence-electron chi connectivity index (χ2n) is 2.96. The number of hydrogen-bond donors (Lipinski definition) is 0. The molecule has 0 spiro atoms. The van der Waals surface area contributed by atoms with Gasteiger partial charge < -0.3 is 14.3 Å². The summed E-state index contributed by atoms with van der Waals surface area (Å²) in [5.41, 5.74) is 0.770. The van der Waals surface area contributed by atoms with Crippen molar-refractivity contribution in [3.05, 3.63) is 47.2 Å². The number of carbonyl (C=O) groups is 1. The number of halogens is 1. The van der Waals surface area contributed by atoms with E-state index in [0.29, 0.717) is 10.8 Å². The minimum atomic E-state index is -1.32. The van der Waals surface area contributed by atoms with E-state index in [9.17, 15) is 9.90 Å². The molecule has 1 aromatic carbocycles. The van der Waals surface area contributed by atoms with Crippen molar-refractivity contribution < 1.29 is 14.3 Å². The number of carboxylic acids is 1. The molecule has 0 atom stereocenters. The SMILES string of the molecule is O=C([O-])c1ccc(-c2ccc(Cl)cc2)o1. The number of rotatable bonds is 2. The maximum absolute atomic E-state index is 10.5. The summed E-state index contributed by atoms with van der Waals surface area (Å²) in [4.78, 5) is 10.5. The van der Waals surface area contributed by atoms with E-state index in [0.717, 1.165) is 5.56 Å². The highest BCUT2D eigenvalue weighted by Gasteiger charge is 2.04. The van der Waals surface area contributed by atoms with E-state index in [1.165, 1.54) is 6.07 Å². The van der Waals surface area contributed by atoms with Gasteiger partial charge in [-0.15, -0.1) is 0 Å². The van der Waals surface area contributed by atoms with Crippen molar-refractivity contribution in [3.8, 4) is 11.3 Å². The van der Waals surface area contributed by atoms with Crippen LogP contribution >= 0.6 is 11.6 Å². The first-order valence-corrected chi connectivity index (χ1v) is 4.62. The van der Waals surface area contributed by atoms with Crippen LogP contribution in [-0.2, 0) is 0 Å². The fraction of sp³-hybridized carbons (Fsp3) is 0. The highest BCUT2D eigenvalue weighted by molar-refractivity contribution is 6.30. The molecule has 0 unspecified atom stereocenters. The van der Waals surface area contributed by atoms with E-state index in [-0.39, 0.29) is 5.76 Å². The molecule has 0 aliphatic rings. The molecule has 1 heterocycles. The zero-order valence-electron chi connectivity index (χ0n) is 7.57. The molecular weight excluding hydrogens is 216 g/mol. The van der Waals surface area contributed by atoms with Crippen molar-refractivity contribution >= 4 is 17.6 Å². The molecule has 0 N–H and O–H groups in total. The number of hydrogen-bond acceptors (Lipinski definition) is 3. The maximum atomic E-state index is 10.5. The van der Waals surface area contributed by atoms with Crippen molar-refractivity contribution in [1.29, 1.82) is 0 Å². The van der Waals surface area contributed by atoms with Crippen molar-refractivity contribution in [2.24, 2.45) is 0 Å². The summed E-state index contributed by atoms with van der Waals surface area (Å²) in [6, 6.07) is 9.85. The van der Waals surface area contributed by atoms with Gasteiger partial charge in [-0.3, -0.25) is 0 Å². The predicted octanol–water partition coefficient (Wildman–Crippen LogP) is 1.96. The number of carbonyl (C=O) groups excluding carboxylic acids is 1. The summed E-state index contributed by atoms with van der Waals surface area (Å²) in [7, 11) is 0. The zero-order valence-corrected chi connectivity index (χ0v) is 8.32. The Bertz CT molecular complexity index is 485. The summed E-state index contributed by atoms with van der Waals surface area (Å²) in [6.45, 7) is 0. The van der Waals surface area contributed by atoms with Gasteiger partial charge in [-0.25, -0.2) is 0 Å². The lowest BCUT2D eigenvalue weighted by atomic mass is 10.2. The first-order valence-electron chi connectivity index (χ1n) is 4.24. The standard InChI is InChI=1S/C11H7ClO3/c12-8-3-1-7(2-4-8)9-5-6-10(15-9)11(13)14/h1-6H,(H,13,14)/p-1. The monoisotopic (exact) mass is 221 g/mol. The van der Waals surface area contributed by atoms with Crippen LogP contribution in [0.1, 0.15) is 10.6 Å². The normalized spacial score (nSPS) is 10.2. The molecule has 1 aromatic heterocycles. The minimum absolute atomic E-state index is 0.181. The van der Waals surface area contributed by atoms with Crippen LogP contribution < -0.4 is 5.11 Å². The topological polar surface area (TPSA) is 53.3 Å². The molecule has 0 radical (unpaired) electrons. The van der Waals surface area contributed by atoms with Crippen LogP contribution in [0.5, 0.6) is 0 Å². The summed E-state index contributed by atoms with van der Waals surface area (Å²) >= 11 is 5.72. The van der Waals surface area contributed by atoms with Crippen LogP contribution in [0.25, 0.3) is 11.3 Å². The molecule has 15 heavy (non-hydrogen) atoms. The van der Waals surface area contributed by atoms with Crippen LogP contribution in [0.15, 0.2) is 40.8 Å². The molecule has 0 aliphatic carbocycles. The Kier molecular flexibility index (Phi) is 2.47. The first-order chi connectivity index (χ1) is 7.16. The third kappa shape index (κ3) is 2.02. The van der Waals surface area contributed by atoms with E-state index >= 15 is 0 Å². The summed E-state index contributed by atoms with van der Waals surface area (Å²) in [5, 5.41) is 11.1. The summed E-state index contributed by atoms with van der Waals surface area (Å²) in [5.74, 6) is -1.03. The highest BCUT2D eigenvalue weighted by atomic mass is 35.5. The molecule has 76 valence electrons. The quantitative estimate of drug-likeness (QED) is 0.779. The van der Waals surface area contributed by atoms with Gasteiger partial charge in [-0.05, 0) is 36.4 Å². The molecule has 2 rings (SSSR count). The zero-order chi connectivity index (χ0) is 10.8. The second-order valence-corrected chi connectivity index (χ2v) is 3.39. The summed E-state index contributed by atoms with van der Waals surface area (Å²) < 4.78 is 5.07. The molecule has 0 fully saturated rings. The van der Waals surface area contributed by atoms with Gasteiger partial charge in [0.2, 0.25) is 0 Å². The lowest BCUT2D eigenvalue weighted by molar-refractivity contribution is -0.257. The maximum Gasteiger partial charge on any atom is 0.150 e. The van der Waals surface area contributed by atoms with Gasteiger partial charge in [-0.2, -0.15) is 0 Å². The van der Waals surface area contributed by atoms with Crippen molar-refractivity contribution in [2.75, 3.05) is 0 Å². The van der Waals surface area contributed by atoms with Gasteiger partial charge in [0.1, 0.15) is 17.5 Å². The van der Waals surface area contributed by atoms with Gasteiger partial charge in [0.05, 0.1) is 0 Å². The smallest absolute Gasteiger partial charge is 0.150 e. The molecule has 0 bridgehead atoms. The van der Waals surface area contributed by atoms with E-state index in [1.807, 2.05) is 0 Å². The van der Waals surface area contributed by atoms with Crippen molar-refractivity contribution in [2.45, 2.75) is 0 Å². The molecule has 3 nitrogen and oxygen atoms in total. The van der Waals surface area contributed by atoms with Gasteiger partial charge >= 0.3 is 0 Å². The van der Waals surface area contributed by atoms with Crippen LogP contribution in [0.2, 0.25) is 5.02 Å². The number of benzene rings is 1. The van der Waals surface area contributed by atoms with E-state index in [1.54, 1.807) is 30.3 Å². The van der Waals surface area contributed by atoms with Crippen molar-refractivity contribution in [3.63, 3.8) is 0 Å². The average Bonchev–Trinajstić information content (AvgIpc) is 2.68. The first kappa shape index (κ1) is 9.80. The molecular formula is C11H6ClO3-. The lowest BCUT2D eigenvalue weighted by Gasteiger charge is -1.98. The van der Waals surface area contributed by atoms with Crippen LogP contribution in [0.4, 0.5) is 0 Å². The van der Waals surface area contributed by atoms with Gasteiger partial charge in [-0.1, -0.05) is 11.6 Å². The Hall–Kier alpha value is -1.74. The molecule has 0 saturated heterocycles. The Morgan fingerprint density at radius 3 is 2.33 bits per heavy atom. The second kappa shape index (κ2) is 3.79. The fourth-order valence-corrected chi connectivity index (χ4v) is 1.34. The third-order valence-corrected chi connectivity index (χ3v) is 2.19. The van der Waals surface area contributed by atoms with Crippen molar-refractivity contribution in [1.82, 2.24) is 0 Å². The minimum Gasteiger partial charge on any atom is -0.542 e. The summed E-state index contributed by atoms with van der Waals surface area (Å²) in [6.07, 6.45) is 0. The molecule has 0 amide bonds. The van der Waals surface area contributed by atoms with Gasteiger partial charge in [0.25, 0.3) is 0 Å². The third-order valence-electron chi connectivity index (χ3n) is 1.94. The van der Waals surface area contributed by atoms with Crippen LogP contribution in [-0.4, -0.2) is 5.97 Å². The number of furan rings is 1. The largest absolute Gasteiger partial charge is 0.542 e. The Labute approximate surface area is 90.9 Å². The number of aromatic carboxylic acids is 1. The number of carboxylic acid groups (broad SMARTS) is 1. The fourth-order valence-electron chi connectivity index (χ4n) is 1.22. The Morgan fingerprint density at radius 2 is 1.80 bits per heavy atom. The molecule has 2 aromatic rings. The van der Waals surface area contributed by atoms with Crippen LogP contribution in [0.3, 0.4) is 0 Å². The van der Waals surface area contributed by atoms with Crippen LogP contribution in [0, 0.1) is 0 Å². The molecule has 0 saturated carbocycles. The Morgan fingerprint density at radius 1 is 1.13 bits per heavy atom. The van der Waals surface area contributed by atoms with Gasteiger partial charge in [0, 0.05) is 10.6 Å². The highest BCUT2D eigenvalue weighted by Crippen LogP contribution is 2.23. The van der Waals surface area contributed by atoms with E-state index in [2.05, 4.69) is 0 Å². The predicted molar refractivity (Wildman–Crippen MR) is 53.5 cm³/mol. The lowest BCUT2D eigenvalue weighted by Crippen LogP contribution is -2.21. The van der Waals surface area contributed by atoms with Gasteiger partial charge in [0.15, 0.2) is 0 Å².